The molecule has 0 bridgehead atoms. The monoisotopic (exact) mass is 382 g/mol. The standard InChI is InChI=1S/C18H26N2O5S/c1-12(2)16(18(22)23)19-17(21)14-5-4-10-20(11-14)26(24,25)15-8-6-13(3)7-9-15/h6-9,12,14,16H,4-5,10-11H2,1-3H3,(H,19,21)(H,22,23)/t14?,16-/m1/s1. The van der Waals surface area contributed by atoms with Gasteiger partial charge in [0.25, 0.3) is 0 Å². The molecule has 0 saturated carbocycles. The molecule has 1 aromatic carbocycles. The smallest absolute Gasteiger partial charge is 0.326 e. The number of benzene rings is 1. The predicted octanol–water partition coefficient (Wildman–Crippen LogP) is 1.62. The molecule has 7 nitrogen and oxygen atoms in total. The van der Waals surface area contributed by atoms with Gasteiger partial charge >= 0.3 is 5.97 Å². The number of amides is 1. The van der Waals surface area contributed by atoms with E-state index < -0.39 is 33.9 Å². The summed E-state index contributed by atoms with van der Waals surface area (Å²) < 4.78 is 26.9. The lowest BCUT2D eigenvalue weighted by atomic mass is 9.97. The van der Waals surface area contributed by atoms with E-state index in [0.717, 1.165) is 5.56 Å². The van der Waals surface area contributed by atoms with Crippen LogP contribution in [-0.2, 0) is 19.6 Å². The Labute approximate surface area is 154 Å². The van der Waals surface area contributed by atoms with Gasteiger partial charge in [0.05, 0.1) is 10.8 Å². The lowest BCUT2D eigenvalue weighted by Crippen LogP contribution is -2.50. The van der Waals surface area contributed by atoms with Crippen molar-refractivity contribution in [2.24, 2.45) is 11.8 Å². The van der Waals surface area contributed by atoms with E-state index in [1.54, 1.807) is 38.1 Å². The molecular formula is C18H26N2O5S. The van der Waals surface area contributed by atoms with Gasteiger partial charge in [-0.3, -0.25) is 4.79 Å². The summed E-state index contributed by atoms with van der Waals surface area (Å²) in [5.74, 6) is -2.31. The largest absolute Gasteiger partial charge is 0.480 e. The molecule has 1 unspecified atom stereocenters. The van der Waals surface area contributed by atoms with Gasteiger partial charge in [-0.1, -0.05) is 31.5 Å². The number of sulfonamides is 1. The van der Waals surface area contributed by atoms with E-state index in [4.69, 9.17) is 0 Å². The quantitative estimate of drug-likeness (QED) is 0.778. The average molecular weight is 382 g/mol. The number of piperidine rings is 1. The normalized spacial score (nSPS) is 19.9. The summed E-state index contributed by atoms with van der Waals surface area (Å²) in [7, 11) is -3.67. The van der Waals surface area contributed by atoms with Crippen LogP contribution >= 0.6 is 0 Å². The summed E-state index contributed by atoms with van der Waals surface area (Å²) >= 11 is 0. The highest BCUT2D eigenvalue weighted by Crippen LogP contribution is 2.24. The summed E-state index contributed by atoms with van der Waals surface area (Å²) in [6, 6.07) is 5.62. The van der Waals surface area contributed by atoms with E-state index in [1.807, 2.05) is 6.92 Å². The van der Waals surface area contributed by atoms with E-state index in [0.29, 0.717) is 19.4 Å². The van der Waals surface area contributed by atoms with Crippen LogP contribution in [0.2, 0.25) is 0 Å². The van der Waals surface area contributed by atoms with Crippen LogP contribution in [0.5, 0.6) is 0 Å². The highest BCUT2D eigenvalue weighted by Gasteiger charge is 2.35. The van der Waals surface area contributed by atoms with Crippen molar-refractivity contribution in [2.75, 3.05) is 13.1 Å². The molecule has 144 valence electrons. The molecule has 1 saturated heterocycles. The molecule has 0 radical (unpaired) electrons. The average Bonchev–Trinajstić information content (AvgIpc) is 2.59. The van der Waals surface area contributed by atoms with Crippen LogP contribution < -0.4 is 5.32 Å². The molecule has 1 aliphatic rings. The minimum atomic E-state index is -3.67. The maximum absolute atomic E-state index is 12.8. The molecule has 2 rings (SSSR count). The molecule has 0 aromatic heterocycles. The Hall–Kier alpha value is -1.93. The fourth-order valence-electron chi connectivity index (χ4n) is 3.02. The van der Waals surface area contributed by atoms with Crippen LogP contribution in [0.3, 0.4) is 0 Å². The third-order valence-corrected chi connectivity index (χ3v) is 6.52. The molecule has 2 N–H and O–H groups in total. The number of carboxylic acids is 1. The summed E-state index contributed by atoms with van der Waals surface area (Å²) in [5, 5.41) is 11.8. The number of carboxylic acid groups (broad SMARTS) is 1. The zero-order valence-corrected chi connectivity index (χ0v) is 16.1. The van der Waals surface area contributed by atoms with Gasteiger partial charge in [-0.05, 0) is 37.8 Å². The van der Waals surface area contributed by atoms with Gasteiger partial charge in [0.15, 0.2) is 0 Å². The molecular weight excluding hydrogens is 356 g/mol. The predicted molar refractivity (Wildman–Crippen MR) is 97.1 cm³/mol. The van der Waals surface area contributed by atoms with Crippen LogP contribution in [0.15, 0.2) is 29.2 Å². The second-order valence-electron chi connectivity index (χ2n) is 7.08. The number of hydrogen-bond acceptors (Lipinski definition) is 4. The second kappa shape index (κ2) is 8.18. The zero-order valence-electron chi connectivity index (χ0n) is 15.3. The van der Waals surface area contributed by atoms with Crippen molar-refractivity contribution in [3.05, 3.63) is 29.8 Å². The van der Waals surface area contributed by atoms with E-state index in [1.165, 1.54) is 4.31 Å². The van der Waals surface area contributed by atoms with Crippen molar-refractivity contribution in [2.45, 2.75) is 44.6 Å². The van der Waals surface area contributed by atoms with E-state index in [-0.39, 0.29) is 17.4 Å². The number of hydrogen-bond donors (Lipinski definition) is 2. The molecule has 8 heteroatoms. The van der Waals surface area contributed by atoms with Gasteiger partial charge in [0.1, 0.15) is 6.04 Å². The van der Waals surface area contributed by atoms with E-state index >= 15 is 0 Å². The Morgan fingerprint density at radius 3 is 2.38 bits per heavy atom. The SMILES string of the molecule is Cc1ccc(S(=O)(=O)N2CCCC(C(=O)N[C@@H](C(=O)O)C(C)C)C2)cc1. The van der Waals surface area contributed by atoms with Crippen molar-refractivity contribution < 1.29 is 23.1 Å². The maximum atomic E-state index is 12.8. The van der Waals surface area contributed by atoms with Crippen molar-refractivity contribution in [3.63, 3.8) is 0 Å². The van der Waals surface area contributed by atoms with Gasteiger partial charge in [-0.25, -0.2) is 13.2 Å². The van der Waals surface area contributed by atoms with Crippen molar-refractivity contribution in [3.8, 4) is 0 Å². The van der Waals surface area contributed by atoms with Gasteiger partial charge < -0.3 is 10.4 Å². The number of nitrogens with zero attached hydrogens (tertiary/aromatic N) is 1. The van der Waals surface area contributed by atoms with Crippen LogP contribution in [0, 0.1) is 18.8 Å². The molecule has 1 fully saturated rings. The van der Waals surface area contributed by atoms with Gasteiger partial charge in [-0.15, -0.1) is 0 Å². The molecule has 1 heterocycles. The zero-order chi connectivity index (χ0) is 19.5. The molecule has 0 aliphatic carbocycles. The Kier molecular flexibility index (Phi) is 6.41. The first kappa shape index (κ1) is 20.4. The van der Waals surface area contributed by atoms with Crippen LogP contribution in [-0.4, -0.2) is 48.8 Å². The fraction of sp³-hybridized carbons (Fsp3) is 0.556. The highest BCUT2D eigenvalue weighted by atomic mass is 32.2. The fourth-order valence-corrected chi connectivity index (χ4v) is 4.54. The third-order valence-electron chi connectivity index (χ3n) is 4.64. The topological polar surface area (TPSA) is 104 Å². The van der Waals surface area contributed by atoms with Crippen molar-refractivity contribution in [1.82, 2.24) is 9.62 Å². The Morgan fingerprint density at radius 1 is 1.23 bits per heavy atom. The first-order valence-corrected chi connectivity index (χ1v) is 10.2. The second-order valence-corrected chi connectivity index (χ2v) is 9.02. The first-order chi connectivity index (χ1) is 12.1. The van der Waals surface area contributed by atoms with Crippen molar-refractivity contribution >= 4 is 21.9 Å². The molecule has 1 aliphatic heterocycles. The van der Waals surface area contributed by atoms with Crippen LogP contribution in [0.4, 0.5) is 0 Å². The van der Waals surface area contributed by atoms with Crippen LogP contribution in [0.1, 0.15) is 32.3 Å². The summed E-state index contributed by atoms with van der Waals surface area (Å²) in [5.41, 5.74) is 0.966. The molecule has 1 aromatic rings. The summed E-state index contributed by atoms with van der Waals surface area (Å²) in [6.45, 7) is 5.73. The Balaban J connectivity index is 2.12. The lowest BCUT2D eigenvalue weighted by Gasteiger charge is -2.32. The number of carbonyl (C=O) groups excluding carboxylic acids is 1. The number of aryl methyl sites for hydroxylation is 1. The Bertz CT molecular complexity index is 758. The van der Waals surface area contributed by atoms with Gasteiger partial charge in [0.2, 0.25) is 15.9 Å². The number of aliphatic carboxylic acids is 1. The minimum absolute atomic E-state index is 0.0620. The summed E-state index contributed by atoms with van der Waals surface area (Å²) in [6.07, 6.45) is 1.10. The third kappa shape index (κ3) is 4.62. The number of carbonyl (C=O) groups is 2. The maximum Gasteiger partial charge on any atom is 0.326 e. The highest BCUT2D eigenvalue weighted by molar-refractivity contribution is 7.89. The van der Waals surface area contributed by atoms with Crippen molar-refractivity contribution in [1.29, 1.82) is 0 Å². The molecule has 1 amide bonds. The van der Waals surface area contributed by atoms with E-state index in [9.17, 15) is 23.1 Å². The van der Waals surface area contributed by atoms with E-state index in [2.05, 4.69) is 5.32 Å². The number of nitrogens with one attached hydrogen (secondary N) is 1. The van der Waals surface area contributed by atoms with Gasteiger partial charge in [-0.2, -0.15) is 4.31 Å². The lowest BCUT2D eigenvalue weighted by molar-refractivity contribution is -0.144. The molecule has 26 heavy (non-hydrogen) atoms. The minimum Gasteiger partial charge on any atom is -0.480 e. The van der Waals surface area contributed by atoms with Crippen LogP contribution in [0.25, 0.3) is 0 Å². The Morgan fingerprint density at radius 2 is 1.85 bits per heavy atom. The summed E-state index contributed by atoms with van der Waals surface area (Å²) in [4.78, 5) is 24.0. The van der Waals surface area contributed by atoms with Gasteiger partial charge in [0, 0.05) is 13.1 Å². The molecule has 0 spiro atoms. The molecule has 2 atom stereocenters. The first-order valence-electron chi connectivity index (χ1n) is 8.73. The number of rotatable bonds is 6.